The minimum atomic E-state index is -1.05. The average molecular weight is 354 g/mol. The predicted molar refractivity (Wildman–Crippen MR) is 114 cm³/mol. The number of rotatable bonds is 6. The van der Waals surface area contributed by atoms with Gasteiger partial charge in [0.15, 0.2) is 0 Å². The Kier molecular flexibility index (Phi) is 6.27. The minimum Gasteiger partial charge on any atom is -0.0713 e. The molecule has 2 aromatic rings. The van der Waals surface area contributed by atoms with E-state index in [0.717, 1.165) is 0 Å². The van der Waals surface area contributed by atoms with E-state index in [4.69, 9.17) is 0 Å². The number of benzene rings is 2. The summed E-state index contributed by atoms with van der Waals surface area (Å²) in [6, 6.07) is 16.8. The second kappa shape index (κ2) is 7.84. The van der Waals surface area contributed by atoms with Gasteiger partial charge in [-0.25, -0.2) is 0 Å². The van der Waals surface area contributed by atoms with Crippen molar-refractivity contribution >= 4 is 16.9 Å². The molecule has 0 amide bonds. The topological polar surface area (TPSA) is 0 Å². The molecule has 0 spiro atoms. The van der Waals surface area contributed by atoms with E-state index in [2.05, 4.69) is 83.0 Å². The Morgan fingerprint density at radius 3 is 1.75 bits per heavy atom. The lowest BCUT2D eigenvalue weighted by Gasteiger charge is -2.18. The monoisotopic (exact) mass is 353 g/mol. The molecule has 0 unspecified atom stereocenters. The fourth-order valence-electron chi connectivity index (χ4n) is 3.33. The van der Waals surface area contributed by atoms with Gasteiger partial charge in [0.1, 0.15) is 0 Å². The van der Waals surface area contributed by atoms with Crippen molar-refractivity contribution in [3.8, 4) is 11.1 Å². The average Bonchev–Trinajstić information content (AvgIpc) is 2.44. The largest absolute Gasteiger partial charge is 0.0713 e. The van der Waals surface area contributed by atoms with Crippen LogP contribution in [0.4, 0.5) is 0 Å². The summed E-state index contributed by atoms with van der Waals surface area (Å²) >= 11 is 0. The first kappa shape index (κ1) is 19.2. The third kappa shape index (κ3) is 5.46. The van der Waals surface area contributed by atoms with E-state index < -0.39 is 8.07 Å². The van der Waals surface area contributed by atoms with Gasteiger partial charge in [0.25, 0.3) is 0 Å². The van der Waals surface area contributed by atoms with E-state index in [1.165, 1.54) is 51.9 Å². The summed E-state index contributed by atoms with van der Waals surface area (Å²) < 4.78 is 0. The lowest BCUT2D eigenvalue weighted by Crippen LogP contribution is -2.23. The molecule has 1 radical (unpaired) electrons. The highest BCUT2D eigenvalue weighted by Crippen LogP contribution is 2.29. The van der Waals surface area contributed by atoms with Crippen LogP contribution in [0.2, 0.25) is 38.8 Å². The summed E-state index contributed by atoms with van der Waals surface area (Å²) in [6.45, 7) is 16.7. The van der Waals surface area contributed by atoms with Crippen LogP contribution in [0.5, 0.6) is 0 Å². The van der Waals surface area contributed by atoms with Crippen molar-refractivity contribution in [2.75, 3.05) is 0 Å². The maximum Gasteiger partial charge on any atom is 0.0487 e. The van der Waals surface area contributed by atoms with E-state index in [1.54, 1.807) is 0 Å². The van der Waals surface area contributed by atoms with Gasteiger partial charge < -0.3 is 0 Å². The zero-order valence-corrected chi connectivity index (χ0v) is 18.6. The first-order valence-corrected chi connectivity index (χ1v) is 15.6. The molecule has 2 heteroatoms. The first-order chi connectivity index (χ1) is 11.2. The van der Waals surface area contributed by atoms with Gasteiger partial charge in [-0.3, -0.25) is 0 Å². The minimum absolute atomic E-state index is 0.129. The summed E-state index contributed by atoms with van der Waals surface area (Å²) in [7, 11) is -1.18. The molecule has 0 aliphatic carbocycles. The summed E-state index contributed by atoms with van der Waals surface area (Å²) in [4.78, 5) is 0. The third-order valence-corrected chi connectivity index (χ3v) is 7.24. The van der Waals surface area contributed by atoms with Crippen LogP contribution in [0.3, 0.4) is 0 Å². The Bertz CT molecular complexity index is 694. The Balaban J connectivity index is 2.25. The van der Waals surface area contributed by atoms with Crippen LogP contribution in [0, 0.1) is 13.8 Å². The number of aryl methyl sites for hydroxylation is 3. The molecular weight excluding hydrogens is 320 g/mol. The molecule has 0 aliphatic heterocycles. The Hall–Kier alpha value is -1.13. The van der Waals surface area contributed by atoms with E-state index in [9.17, 15) is 0 Å². The van der Waals surface area contributed by atoms with E-state index in [0.29, 0.717) is 0 Å². The molecule has 2 aromatic carbocycles. The van der Waals surface area contributed by atoms with Crippen LogP contribution in [-0.4, -0.2) is 16.9 Å². The molecule has 129 valence electrons. The van der Waals surface area contributed by atoms with Gasteiger partial charge in [-0.05, 0) is 54.1 Å². The van der Waals surface area contributed by atoms with Gasteiger partial charge in [-0.2, -0.15) is 0 Å². The van der Waals surface area contributed by atoms with Crippen molar-refractivity contribution in [2.45, 2.75) is 65.1 Å². The summed E-state index contributed by atoms with van der Waals surface area (Å²) in [5.74, 6) is 0. The van der Waals surface area contributed by atoms with E-state index in [1.807, 2.05) is 0 Å². The van der Waals surface area contributed by atoms with Crippen LogP contribution in [0.15, 0.2) is 36.4 Å². The van der Waals surface area contributed by atoms with Gasteiger partial charge in [0.2, 0.25) is 0 Å². The lowest BCUT2D eigenvalue weighted by molar-refractivity contribution is 1.11. The summed E-state index contributed by atoms with van der Waals surface area (Å²) in [5.41, 5.74) is 8.62. The highest BCUT2D eigenvalue weighted by molar-refractivity contribution is 6.75. The normalized spacial score (nSPS) is 12.0. The highest BCUT2D eigenvalue weighted by Gasteiger charge is 2.15. The SMILES string of the molecule is Cc1cc(CC[Si](C)C)ccc1-c1ccc(C[Si](C)(C)C)cc1C. The molecule has 0 heterocycles. The maximum absolute atomic E-state index is 2.44. The summed E-state index contributed by atoms with van der Waals surface area (Å²) in [5, 5.41) is 0. The third-order valence-electron chi connectivity index (χ3n) is 4.52. The molecule has 0 saturated heterocycles. The molecule has 0 atom stereocenters. The Morgan fingerprint density at radius 2 is 1.29 bits per heavy atom. The fourth-order valence-corrected chi connectivity index (χ4v) is 5.56. The van der Waals surface area contributed by atoms with Crippen LogP contribution in [-0.2, 0) is 12.5 Å². The predicted octanol–water partition coefficient (Wildman–Crippen LogP) is 6.69. The van der Waals surface area contributed by atoms with Crippen molar-refractivity contribution in [1.82, 2.24) is 0 Å². The fraction of sp³-hybridized carbons (Fsp3) is 0.455. The number of hydrogen-bond acceptors (Lipinski definition) is 0. The smallest absolute Gasteiger partial charge is 0.0487 e. The maximum atomic E-state index is 2.44. The molecule has 0 aromatic heterocycles. The standard InChI is InChI=1S/C22H33Si2/c1-17-14-19(12-13-23(3)4)8-10-21(17)22-11-9-20(15-18(22)2)16-24(5,6)7/h8-11,14-15H,12-13,16H2,1-7H3. The van der Waals surface area contributed by atoms with Gasteiger partial charge in [-0.1, -0.05) is 80.7 Å². The van der Waals surface area contributed by atoms with Gasteiger partial charge in [0.05, 0.1) is 0 Å². The molecule has 0 aliphatic rings. The quantitative estimate of drug-likeness (QED) is 0.508. The zero-order chi connectivity index (χ0) is 17.9. The van der Waals surface area contributed by atoms with Crippen molar-refractivity contribution in [2.24, 2.45) is 0 Å². The molecule has 0 bridgehead atoms. The highest BCUT2D eigenvalue weighted by atomic mass is 28.3. The molecule has 0 N–H and O–H groups in total. The van der Waals surface area contributed by atoms with Crippen LogP contribution in [0.25, 0.3) is 11.1 Å². The molecule has 0 fully saturated rings. The van der Waals surface area contributed by atoms with Crippen molar-refractivity contribution in [3.05, 3.63) is 58.7 Å². The van der Waals surface area contributed by atoms with Gasteiger partial charge in [0, 0.05) is 16.9 Å². The Labute approximate surface area is 151 Å². The van der Waals surface area contributed by atoms with Gasteiger partial charge >= 0.3 is 0 Å². The molecule has 24 heavy (non-hydrogen) atoms. The molecular formula is C22H33Si2. The van der Waals surface area contributed by atoms with E-state index in [-0.39, 0.29) is 8.80 Å². The molecule has 0 nitrogen and oxygen atoms in total. The first-order valence-electron chi connectivity index (χ1n) is 9.14. The van der Waals surface area contributed by atoms with Crippen LogP contribution >= 0.6 is 0 Å². The lowest BCUT2D eigenvalue weighted by atomic mass is 9.94. The zero-order valence-electron chi connectivity index (χ0n) is 16.6. The molecule has 0 saturated carbocycles. The second-order valence-electron chi connectivity index (χ2n) is 8.74. The summed E-state index contributed by atoms with van der Waals surface area (Å²) in [6.07, 6.45) is 1.23. The van der Waals surface area contributed by atoms with Crippen LogP contribution < -0.4 is 0 Å². The Morgan fingerprint density at radius 1 is 0.792 bits per heavy atom. The number of hydrogen-bond donors (Lipinski definition) is 0. The van der Waals surface area contributed by atoms with Crippen molar-refractivity contribution in [1.29, 1.82) is 0 Å². The van der Waals surface area contributed by atoms with Crippen LogP contribution in [0.1, 0.15) is 22.3 Å². The second-order valence-corrected chi connectivity index (χ2v) is 17.1. The molecule has 2 rings (SSSR count). The van der Waals surface area contributed by atoms with Crippen molar-refractivity contribution in [3.63, 3.8) is 0 Å². The van der Waals surface area contributed by atoms with Gasteiger partial charge in [-0.15, -0.1) is 0 Å². The van der Waals surface area contributed by atoms with E-state index >= 15 is 0 Å². The van der Waals surface area contributed by atoms with Crippen molar-refractivity contribution < 1.29 is 0 Å².